The number of amides is 2. The van der Waals surface area contributed by atoms with Gasteiger partial charge in [0.15, 0.2) is 5.82 Å². The number of carbonyl (C=O) groups is 2. The van der Waals surface area contributed by atoms with E-state index in [1.807, 2.05) is 31.3 Å². The van der Waals surface area contributed by atoms with Gasteiger partial charge in [0.25, 0.3) is 5.91 Å². The number of nitrogens with two attached hydrogens (primary N) is 1. The number of anilines is 1. The predicted octanol–water partition coefficient (Wildman–Crippen LogP) is 4.12. The molecule has 0 radical (unpaired) electrons. The van der Waals surface area contributed by atoms with Crippen molar-refractivity contribution < 1.29 is 22.7 Å². The van der Waals surface area contributed by atoms with Gasteiger partial charge in [-0.15, -0.1) is 0 Å². The number of hydrogen-bond donors (Lipinski definition) is 4. The number of carbonyl (C=O) groups excluding carboxylic acids is 2. The van der Waals surface area contributed by atoms with Crippen molar-refractivity contribution in [2.24, 2.45) is 12.2 Å². The lowest BCUT2D eigenvalue weighted by atomic mass is 10.0. The predicted molar refractivity (Wildman–Crippen MR) is 197 cm³/mol. The number of rotatable bonds is 13. The summed E-state index contributed by atoms with van der Waals surface area (Å²) < 4.78 is 30.1. The van der Waals surface area contributed by atoms with Crippen molar-refractivity contribution in [3.05, 3.63) is 81.5 Å². The highest BCUT2D eigenvalue weighted by molar-refractivity contribution is 7.89. The van der Waals surface area contributed by atoms with Crippen LogP contribution in [0.2, 0.25) is 10.0 Å². The maximum absolute atomic E-state index is 13.5. The summed E-state index contributed by atoms with van der Waals surface area (Å²) >= 11 is 13.9. The lowest BCUT2D eigenvalue weighted by molar-refractivity contribution is -0.119. The van der Waals surface area contributed by atoms with Gasteiger partial charge in [-0.1, -0.05) is 47.5 Å². The summed E-state index contributed by atoms with van der Waals surface area (Å²) in [6.45, 7) is 3.02. The fraction of sp³-hybridized carbons (Fsp3) is 0.371. The molecule has 1 saturated heterocycles. The number of imidazole rings is 1. The number of primary sulfonamides is 1. The molecule has 2 aromatic carbocycles. The Morgan fingerprint density at radius 1 is 1.14 bits per heavy atom. The highest BCUT2D eigenvalue weighted by Crippen LogP contribution is 2.41. The van der Waals surface area contributed by atoms with E-state index in [2.05, 4.69) is 30.8 Å². The van der Waals surface area contributed by atoms with Crippen LogP contribution in [0.1, 0.15) is 46.8 Å². The number of halogens is 2. The Balaban J connectivity index is 1.17. The monoisotopic (exact) mass is 754 g/mol. The van der Waals surface area contributed by atoms with Crippen LogP contribution in [-0.4, -0.2) is 78.2 Å². The minimum atomic E-state index is -3.52. The van der Waals surface area contributed by atoms with Crippen LogP contribution in [0.5, 0.6) is 5.75 Å². The maximum Gasteiger partial charge on any atom is 0.291 e. The fourth-order valence-corrected chi connectivity index (χ4v) is 7.71. The Bertz CT molecular complexity index is 2070. The van der Waals surface area contributed by atoms with Crippen LogP contribution in [-0.2, 0) is 41.4 Å². The third kappa shape index (κ3) is 8.54. The summed E-state index contributed by atoms with van der Waals surface area (Å²) in [6, 6.07) is 13.0. The summed E-state index contributed by atoms with van der Waals surface area (Å²) in [5.74, 6) is 0.511. The van der Waals surface area contributed by atoms with E-state index in [0.29, 0.717) is 83.7 Å². The molecule has 0 unspecified atom stereocenters. The number of pyridine rings is 1. The maximum atomic E-state index is 13.5. The van der Waals surface area contributed by atoms with Crippen molar-refractivity contribution in [1.82, 2.24) is 30.1 Å². The van der Waals surface area contributed by atoms with E-state index >= 15 is 0 Å². The third-order valence-electron chi connectivity index (χ3n) is 9.22. The molecule has 2 aliphatic rings. The fourth-order valence-electron chi connectivity index (χ4n) is 6.58. The molecule has 4 aromatic rings. The van der Waals surface area contributed by atoms with Gasteiger partial charge in [-0.2, -0.15) is 0 Å². The standard InChI is InChI=1S/C35H40Cl2N8O5S/c1-44-28-12-15-45(14-4-16-51(38,48)49)20-27(28)42-34(44)35(47)43-26-6-3-5-24(31(26)36)25-11-13-40-33(32(25)37)21-7-8-22(29(17-21)50-2)18-39-19-23-9-10-30(46)41-23/h3,5-8,11,13,17,23,39H,4,9-10,12,14-16,18-20H2,1-2H3,(H,41,46)(H,43,47)(H2,38,48,49)/t23-/m0/s1. The number of fused-ring (bicyclic) bond motifs is 1. The molecule has 51 heavy (non-hydrogen) atoms. The Labute approximate surface area is 306 Å². The summed E-state index contributed by atoms with van der Waals surface area (Å²) in [6.07, 6.45) is 4.14. The molecule has 0 bridgehead atoms. The first-order valence-electron chi connectivity index (χ1n) is 16.6. The highest BCUT2D eigenvalue weighted by atomic mass is 35.5. The van der Waals surface area contributed by atoms with Crippen LogP contribution in [0.15, 0.2) is 48.7 Å². The Hall–Kier alpha value is -4.05. The molecule has 5 N–H and O–H groups in total. The quantitative estimate of drug-likeness (QED) is 0.157. The van der Waals surface area contributed by atoms with Gasteiger partial charge >= 0.3 is 0 Å². The summed E-state index contributed by atoms with van der Waals surface area (Å²) in [5, 5.41) is 15.1. The molecule has 13 nitrogen and oxygen atoms in total. The van der Waals surface area contributed by atoms with Crippen molar-refractivity contribution in [2.75, 3.05) is 37.8 Å². The topological polar surface area (TPSA) is 174 Å². The van der Waals surface area contributed by atoms with Crippen LogP contribution < -0.4 is 25.8 Å². The normalized spacial score (nSPS) is 16.2. The van der Waals surface area contributed by atoms with E-state index in [1.165, 1.54) is 0 Å². The van der Waals surface area contributed by atoms with Crippen molar-refractivity contribution >= 4 is 50.7 Å². The minimum Gasteiger partial charge on any atom is -0.496 e. The largest absolute Gasteiger partial charge is 0.496 e. The minimum absolute atomic E-state index is 0.0807. The van der Waals surface area contributed by atoms with Crippen LogP contribution in [0.4, 0.5) is 5.69 Å². The van der Waals surface area contributed by atoms with E-state index in [0.717, 1.165) is 35.5 Å². The van der Waals surface area contributed by atoms with E-state index in [-0.39, 0.29) is 23.5 Å². The van der Waals surface area contributed by atoms with Crippen LogP contribution in [0, 0.1) is 0 Å². The summed E-state index contributed by atoms with van der Waals surface area (Å²) in [4.78, 5) is 36.4. The number of nitrogens with zero attached hydrogens (tertiary/aromatic N) is 4. The van der Waals surface area contributed by atoms with Crippen LogP contribution in [0.25, 0.3) is 22.4 Å². The van der Waals surface area contributed by atoms with Crippen molar-refractivity contribution in [3.8, 4) is 28.1 Å². The smallest absolute Gasteiger partial charge is 0.291 e. The average Bonchev–Trinajstić information content (AvgIpc) is 3.67. The van der Waals surface area contributed by atoms with Gasteiger partial charge < -0.3 is 25.3 Å². The first kappa shape index (κ1) is 36.7. The lowest BCUT2D eigenvalue weighted by Gasteiger charge is -2.26. The van der Waals surface area contributed by atoms with Crippen molar-refractivity contribution in [2.45, 2.75) is 44.8 Å². The molecule has 1 atom stereocenters. The van der Waals surface area contributed by atoms with Gasteiger partial charge in [0.2, 0.25) is 15.9 Å². The summed E-state index contributed by atoms with van der Waals surface area (Å²) in [5.41, 5.74) is 5.64. The van der Waals surface area contributed by atoms with E-state index < -0.39 is 15.9 Å². The molecule has 1 fully saturated rings. The molecule has 4 heterocycles. The number of aromatic nitrogens is 3. The van der Waals surface area contributed by atoms with E-state index in [4.69, 9.17) is 33.1 Å². The molecule has 2 aromatic heterocycles. The second-order valence-corrected chi connectivity index (χ2v) is 15.2. The molecule has 2 aliphatic heterocycles. The van der Waals surface area contributed by atoms with Gasteiger partial charge in [-0.25, -0.2) is 18.5 Å². The number of nitrogens with one attached hydrogen (secondary N) is 3. The van der Waals surface area contributed by atoms with E-state index in [1.54, 1.807) is 36.1 Å². The number of hydrogen-bond acceptors (Lipinski definition) is 9. The molecule has 0 spiro atoms. The Morgan fingerprint density at radius 3 is 2.69 bits per heavy atom. The van der Waals surface area contributed by atoms with Gasteiger partial charge in [-0.3, -0.25) is 19.5 Å². The zero-order valence-electron chi connectivity index (χ0n) is 28.3. The Kier molecular flexibility index (Phi) is 11.3. The number of methoxy groups -OCH3 is 1. The molecule has 0 aliphatic carbocycles. The molecule has 16 heteroatoms. The molecular formula is C35H40Cl2N8O5S. The molecule has 0 saturated carbocycles. The summed E-state index contributed by atoms with van der Waals surface area (Å²) in [7, 11) is -0.0965. The molecular weight excluding hydrogens is 715 g/mol. The first-order chi connectivity index (χ1) is 24.4. The van der Waals surface area contributed by atoms with Gasteiger partial charge in [0, 0.05) is 86.3 Å². The van der Waals surface area contributed by atoms with Gasteiger partial charge in [0.1, 0.15) is 5.75 Å². The number of ether oxygens (including phenoxy) is 1. The molecule has 6 rings (SSSR count). The second kappa shape index (κ2) is 15.7. The average molecular weight is 756 g/mol. The second-order valence-electron chi connectivity index (χ2n) is 12.7. The van der Waals surface area contributed by atoms with Gasteiger partial charge in [-0.05, 0) is 37.6 Å². The third-order valence-corrected chi connectivity index (χ3v) is 10.9. The van der Waals surface area contributed by atoms with Crippen LogP contribution in [0.3, 0.4) is 0 Å². The molecule has 270 valence electrons. The van der Waals surface area contributed by atoms with Crippen LogP contribution >= 0.6 is 23.2 Å². The zero-order chi connectivity index (χ0) is 36.3. The number of sulfonamides is 1. The van der Waals surface area contributed by atoms with Crippen molar-refractivity contribution in [3.63, 3.8) is 0 Å². The Morgan fingerprint density at radius 2 is 1.94 bits per heavy atom. The lowest BCUT2D eigenvalue weighted by Crippen LogP contribution is -2.35. The van der Waals surface area contributed by atoms with E-state index in [9.17, 15) is 18.0 Å². The molecule has 2 amide bonds. The first-order valence-corrected chi connectivity index (χ1v) is 19.1. The van der Waals surface area contributed by atoms with Crippen molar-refractivity contribution in [1.29, 1.82) is 0 Å². The zero-order valence-corrected chi connectivity index (χ0v) is 30.7. The van der Waals surface area contributed by atoms with Gasteiger partial charge in [0.05, 0.1) is 40.0 Å². The SMILES string of the molecule is COc1cc(-c2nccc(-c3cccc(NC(=O)c4nc5c(n4C)CCN(CCCS(N)(=O)=O)C5)c3Cl)c2Cl)ccc1CNC[C@@H]1CCC(=O)N1. The highest BCUT2D eigenvalue weighted by Gasteiger charge is 2.26. The number of benzene rings is 2.